The molecule has 0 atom stereocenters. The normalized spacial score (nSPS) is 10.7. The maximum atomic E-state index is 9.48. The molecule has 0 radical (unpaired) electrons. The second-order valence-corrected chi connectivity index (χ2v) is 4.96. The monoisotopic (exact) mass is 302 g/mol. The zero-order valence-corrected chi connectivity index (χ0v) is 11.6. The van der Waals surface area contributed by atoms with E-state index in [4.69, 9.17) is 16.1 Å². The first-order valence-electron chi connectivity index (χ1n) is 6.21. The highest BCUT2D eigenvalue weighted by Crippen LogP contribution is 2.29. The molecule has 5 nitrogen and oxygen atoms in total. The minimum atomic E-state index is -0.234. The molecule has 3 aromatic rings. The lowest BCUT2D eigenvalue weighted by atomic mass is 10.1. The Kier molecular flexibility index (Phi) is 3.50. The van der Waals surface area contributed by atoms with E-state index in [-0.39, 0.29) is 17.4 Å². The molecule has 3 rings (SSSR count). The van der Waals surface area contributed by atoms with Crippen LogP contribution in [0.3, 0.4) is 0 Å². The van der Waals surface area contributed by atoms with Gasteiger partial charge in [-0.15, -0.1) is 0 Å². The van der Waals surface area contributed by atoms with Crippen LogP contribution in [-0.2, 0) is 6.42 Å². The van der Waals surface area contributed by atoms with Crippen molar-refractivity contribution >= 4 is 11.6 Å². The Labute approximate surface area is 125 Å². The summed E-state index contributed by atoms with van der Waals surface area (Å²) in [6.07, 6.45) is 0.494. The minimum Gasteiger partial charge on any atom is -0.504 e. The number of hydrogen-bond donors (Lipinski definition) is 2. The van der Waals surface area contributed by atoms with Gasteiger partial charge in [0, 0.05) is 17.0 Å². The van der Waals surface area contributed by atoms with Crippen molar-refractivity contribution in [2.45, 2.75) is 6.42 Å². The van der Waals surface area contributed by atoms with E-state index >= 15 is 0 Å². The number of benzene rings is 2. The third-order valence-electron chi connectivity index (χ3n) is 2.94. The second-order valence-electron chi connectivity index (χ2n) is 4.53. The lowest BCUT2D eigenvalue weighted by Gasteiger charge is -1.98. The topological polar surface area (TPSA) is 79.4 Å². The van der Waals surface area contributed by atoms with E-state index in [0.29, 0.717) is 22.8 Å². The summed E-state index contributed by atoms with van der Waals surface area (Å²) in [6, 6.07) is 11.7. The maximum absolute atomic E-state index is 9.48. The third-order valence-corrected chi connectivity index (χ3v) is 3.18. The minimum absolute atomic E-state index is 0.197. The van der Waals surface area contributed by atoms with E-state index in [9.17, 15) is 10.2 Å². The van der Waals surface area contributed by atoms with Crippen LogP contribution in [0.4, 0.5) is 0 Å². The van der Waals surface area contributed by atoms with Gasteiger partial charge in [-0.05, 0) is 35.9 Å². The summed E-state index contributed by atoms with van der Waals surface area (Å²) in [7, 11) is 0. The Morgan fingerprint density at radius 3 is 2.67 bits per heavy atom. The van der Waals surface area contributed by atoms with Crippen LogP contribution >= 0.6 is 11.6 Å². The maximum Gasteiger partial charge on any atom is 0.258 e. The number of halogens is 1. The first kappa shape index (κ1) is 13.5. The molecule has 0 fully saturated rings. The van der Waals surface area contributed by atoms with Crippen LogP contribution in [-0.4, -0.2) is 20.4 Å². The molecule has 0 bridgehead atoms. The van der Waals surface area contributed by atoms with Gasteiger partial charge in [0.2, 0.25) is 0 Å². The molecule has 0 unspecified atom stereocenters. The number of hydrogen-bond acceptors (Lipinski definition) is 5. The Morgan fingerprint density at radius 2 is 1.90 bits per heavy atom. The Morgan fingerprint density at radius 1 is 1.05 bits per heavy atom. The molecule has 1 heterocycles. The molecule has 0 aliphatic rings. The summed E-state index contributed by atoms with van der Waals surface area (Å²) < 4.78 is 5.16. The first-order valence-corrected chi connectivity index (χ1v) is 6.59. The summed E-state index contributed by atoms with van der Waals surface area (Å²) in [5.41, 5.74) is 1.51. The lowest BCUT2D eigenvalue weighted by molar-refractivity contribution is 0.402. The molecule has 6 heteroatoms. The van der Waals surface area contributed by atoms with Crippen molar-refractivity contribution in [2.24, 2.45) is 0 Å². The second kappa shape index (κ2) is 5.46. The average Bonchev–Trinajstić information content (AvgIpc) is 2.90. The molecule has 2 aromatic carbocycles. The molecule has 0 saturated heterocycles. The van der Waals surface area contributed by atoms with Crippen molar-refractivity contribution in [3.8, 4) is 23.0 Å². The van der Waals surface area contributed by atoms with Crippen LogP contribution in [0.2, 0.25) is 5.02 Å². The van der Waals surface area contributed by atoms with Crippen molar-refractivity contribution < 1.29 is 14.7 Å². The summed E-state index contributed by atoms with van der Waals surface area (Å²) in [6.45, 7) is 0. The van der Waals surface area contributed by atoms with Crippen molar-refractivity contribution in [1.82, 2.24) is 10.1 Å². The molecule has 106 valence electrons. The average molecular weight is 303 g/mol. The smallest absolute Gasteiger partial charge is 0.258 e. The predicted molar refractivity (Wildman–Crippen MR) is 77.3 cm³/mol. The molecule has 0 amide bonds. The standard InChI is InChI=1S/C15H11ClN2O3/c16-11-3-1-2-9(6-11)7-14-17-15(21-18-14)10-4-5-12(19)13(20)8-10/h1-6,8,19-20H,7H2. The van der Waals surface area contributed by atoms with E-state index < -0.39 is 0 Å². The molecule has 0 aliphatic heterocycles. The van der Waals surface area contributed by atoms with Crippen molar-refractivity contribution in [3.63, 3.8) is 0 Å². The van der Waals surface area contributed by atoms with E-state index in [1.165, 1.54) is 12.1 Å². The summed E-state index contributed by atoms with van der Waals surface area (Å²) >= 11 is 5.93. The summed E-state index contributed by atoms with van der Waals surface area (Å²) in [5, 5.41) is 23.3. The van der Waals surface area contributed by atoms with Crippen LogP contribution in [0.15, 0.2) is 47.0 Å². The molecule has 0 saturated carbocycles. The number of aromatic nitrogens is 2. The lowest BCUT2D eigenvalue weighted by Crippen LogP contribution is -1.90. The van der Waals surface area contributed by atoms with Gasteiger partial charge in [0.1, 0.15) is 0 Å². The fourth-order valence-corrected chi connectivity index (χ4v) is 2.14. The third kappa shape index (κ3) is 2.98. The van der Waals surface area contributed by atoms with Gasteiger partial charge < -0.3 is 14.7 Å². The van der Waals surface area contributed by atoms with E-state index in [1.54, 1.807) is 12.1 Å². The highest BCUT2D eigenvalue weighted by molar-refractivity contribution is 6.30. The zero-order valence-electron chi connectivity index (χ0n) is 10.8. The summed E-state index contributed by atoms with van der Waals surface area (Å²) in [4.78, 5) is 4.26. The molecular weight excluding hydrogens is 292 g/mol. The SMILES string of the molecule is Oc1ccc(-c2nc(Cc3cccc(Cl)c3)no2)cc1O. The zero-order chi connectivity index (χ0) is 14.8. The highest BCUT2D eigenvalue weighted by Gasteiger charge is 2.11. The van der Waals surface area contributed by atoms with Crippen LogP contribution in [0, 0.1) is 0 Å². The van der Waals surface area contributed by atoms with Gasteiger partial charge in [-0.25, -0.2) is 0 Å². The van der Waals surface area contributed by atoms with Gasteiger partial charge in [-0.1, -0.05) is 28.9 Å². The fraction of sp³-hybridized carbons (Fsp3) is 0.0667. The van der Waals surface area contributed by atoms with Gasteiger partial charge in [0.15, 0.2) is 17.3 Å². The number of phenolic OH excluding ortho intramolecular Hbond substituents is 2. The van der Waals surface area contributed by atoms with Crippen LogP contribution < -0.4 is 0 Å². The fourth-order valence-electron chi connectivity index (χ4n) is 1.93. The van der Waals surface area contributed by atoms with Crippen LogP contribution in [0.1, 0.15) is 11.4 Å². The highest BCUT2D eigenvalue weighted by atomic mass is 35.5. The Bertz CT molecular complexity index is 786. The molecule has 0 aliphatic carbocycles. The van der Waals surface area contributed by atoms with Gasteiger partial charge in [0.25, 0.3) is 5.89 Å². The van der Waals surface area contributed by atoms with E-state index in [0.717, 1.165) is 5.56 Å². The van der Waals surface area contributed by atoms with Crippen molar-refractivity contribution in [2.75, 3.05) is 0 Å². The number of phenols is 2. The Balaban J connectivity index is 1.84. The largest absolute Gasteiger partial charge is 0.504 e. The number of rotatable bonds is 3. The van der Waals surface area contributed by atoms with Gasteiger partial charge >= 0.3 is 0 Å². The quantitative estimate of drug-likeness (QED) is 0.725. The number of aromatic hydroxyl groups is 2. The molecular formula is C15H11ClN2O3. The first-order chi connectivity index (χ1) is 10.1. The van der Waals surface area contributed by atoms with Crippen LogP contribution in [0.25, 0.3) is 11.5 Å². The van der Waals surface area contributed by atoms with Gasteiger partial charge in [-0.3, -0.25) is 0 Å². The van der Waals surface area contributed by atoms with Crippen molar-refractivity contribution in [1.29, 1.82) is 0 Å². The van der Waals surface area contributed by atoms with Gasteiger partial charge in [-0.2, -0.15) is 4.98 Å². The van der Waals surface area contributed by atoms with E-state index in [1.807, 2.05) is 18.2 Å². The molecule has 2 N–H and O–H groups in total. The molecule has 21 heavy (non-hydrogen) atoms. The summed E-state index contributed by atoms with van der Waals surface area (Å²) in [5.74, 6) is 0.363. The molecule has 1 aromatic heterocycles. The predicted octanol–water partition coefficient (Wildman–Crippen LogP) is 3.39. The van der Waals surface area contributed by atoms with E-state index in [2.05, 4.69) is 10.1 Å². The van der Waals surface area contributed by atoms with Crippen molar-refractivity contribution in [3.05, 3.63) is 58.9 Å². The molecule has 0 spiro atoms. The number of nitrogens with zero attached hydrogens (tertiary/aromatic N) is 2. The van der Waals surface area contributed by atoms with Crippen LogP contribution in [0.5, 0.6) is 11.5 Å². The van der Waals surface area contributed by atoms with Gasteiger partial charge in [0.05, 0.1) is 0 Å². The Hall–Kier alpha value is -2.53.